The molecule has 158 valence electrons. The fraction of sp³-hybridized carbons (Fsp3) is 0. The van der Waals surface area contributed by atoms with Crippen LogP contribution in [-0.4, -0.2) is 10.2 Å². The first-order chi connectivity index (χ1) is 15.6. The van der Waals surface area contributed by atoms with Crippen LogP contribution in [0.2, 0.25) is 0 Å². The summed E-state index contributed by atoms with van der Waals surface area (Å²) in [4.78, 5) is 0. The Bertz CT molecular complexity index is 1280. The van der Waals surface area contributed by atoms with E-state index in [1.807, 2.05) is 66.7 Å². The molecule has 0 saturated heterocycles. The highest BCUT2D eigenvalue weighted by Gasteiger charge is 2.10. The summed E-state index contributed by atoms with van der Waals surface area (Å²) in [6.07, 6.45) is 0. The molecule has 0 aliphatic carbocycles. The molecule has 0 fully saturated rings. The lowest BCUT2D eigenvalue weighted by atomic mass is 10.0. The molecule has 0 aliphatic rings. The van der Waals surface area contributed by atoms with Crippen molar-refractivity contribution in [2.75, 3.05) is 22.5 Å². The van der Waals surface area contributed by atoms with Gasteiger partial charge in [-0.15, -0.1) is 10.2 Å². The maximum absolute atomic E-state index is 5.74. The fourth-order valence-corrected chi connectivity index (χ4v) is 3.20. The zero-order valence-corrected chi connectivity index (χ0v) is 17.4. The number of nitrogens with two attached hydrogens (primary N) is 3. The lowest BCUT2D eigenvalue weighted by Gasteiger charge is -2.11. The maximum atomic E-state index is 5.74. The van der Waals surface area contributed by atoms with Crippen molar-refractivity contribution in [2.45, 2.75) is 0 Å². The van der Waals surface area contributed by atoms with Gasteiger partial charge < -0.3 is 22.5 Å². The number of nitrogen functional groups attached to an aromatic ring is 3. The second kappa shape index (κ2) is 9.49. The average molecular weight is 421 g/mol. The van der Waals surface area contributed by atoms with Crippen molar-refractivity contribution in [3.63, 3.8) is 0 Å². The molecule has 0 radical (unpaired) electrons. The molecule has 0 aliphatic heterocycles. The summed E-state index contributed by atoms with van der Waals surface area (Å²) in [5.41, 5.74) is 21.6. The van der Waals surface area contributed by atoms with Gasteiger partial charge in [0, 0.05) is 39.1 Å². The van der Waals surface area contributed by atoms with E-state index >= 15 is 0 Å². The lowest BCUT2D eigenvalue weighted by molar-refractivity contribution is 1.06. The first-order valence-electron chi connectivity index (χ1n) is 10.1. The third-order valence-electron chi connectivity index (χ3n) is 4.84. The first-order valence-corrected chi connectivity index (χ1v) is 10.1. The number of fused-ring (bicyclic) bond motifs is 1. The minimum atomic E-state index is 0.732. The van der Waals surface area contributed by atoms with Crippen LogP contribution in [0.25, 0.3) is 22.0 Å². The summed E-state index contributed by atoms with van der Waals surface area (Å²) in [6.45, 7) is 0. The van der Waals surface area contributed by atoms with Crippen molar-refractivity contribution in [3.8, 4) is 11.3 Å². The quantitative estimate of drug-likeness (QED) is 0.288. The first kappa shape index (κ1) is 20.7. The highest BCUT2D eigenvalue weighted by atomic mass is 15.2. The number of aromatic nitrogens is 2. The van der Waals surface area contributed by atoms with E-state index in [4.69, 9.17) is 17.2 Å². The van der Waals surface area contributed by atoms with Crippen molar-refractivity contribution in [1.82, 2.24) is 10.2 Å². The molecular weight excluding hydrogens is 396 g/mol. The van der Waals surface area contributed by atoms with Crippen LogP contribution in [0.15, 0.2) is 103 Å². The normalized spacial score (nSPS) is 10.2. The van der Waals surface area contributed by atoms with Crippen LogP contribution in [0.1, 0.15) is 0 Å². The molecule has 32 heavy (non-hydrogen) atoms. The van der Waals surface area contributed by atoms with Gasteiger partial charge in [0.2, 0.25) is 0 Å². The van der Waals surface area contributed by atoms with Gasteiger partial charge in [0.05, 0.1) is 0 Å². The maximum Gasteiger partial charge on any atom is 0.161 e. The van der Waals surface area contributed by atoms with E-state index in [2.05, 4.69) is 27.6 Å². The van der Waals surface area contributed by atoms with E-state index in [9.17, 15) is 0 Å². The number of hydrogen-bond acceptors (Lipinski definition) is 6. The topological polar surface area (TPSA) is 116 Å². The van der Waals surface area contributed by atoms with Gasteiger partial charge in [-0.25, -0.2) is 0 Å². The van der Waals surface area contributed by atoms with Gasteiger partial charge in [0.1, 0.15) is 5.69 Å². The Hall–Kier alpha value is -4.58. The molecule has 1 heterocycles. The number of anilines is 5. The van der Waals surface area contributed by atoms with Crippen molar-refractivity contribution in [1.29, 1.82) is 0 Å². The van der Waals surface area contributed by atoms with Crippen LogP contribution in [0.4, 0.5) is 28.6 Å². The van der Waals surface area contributed by atoms with Gasteiger partial charge in [0.15, 0.2) is 5.82 Å². The number of benzene rings is 4. The zero-order valence-electron chi connectivity index (χ0n) is 17.4. The largest absolute Gasteiger partial charge is 0.399 e. The summed E-state index contributed by atoms with van der Waals surface area (Å²) >= 11 is 0. The molecule has 0 unspecified atom stereocenters. The summed E-state index contributed by atoms with van der Waals surface area (Å²) in [5, 5.41) is 14.3. The molecule has 6 nitrogen and oxygen atoms in total. The molecule has 5 aromatic rings. The predicted molar refractivity (Wildman–Crippen MR) is 134 cm³/mol. The third-order valence-corrected chi connectivity index (χ3v) is 4.84. The van der Waals surface area contributed by atoms with Gasteiger partial charge in [-0.3, -0.25) is 0 Å². The Morgan fingerprint density at radius 1 is 0.500 bits per heavy atom. The smallest absolute Gasteiger partial charge is 0.161 e. The number of hydrogen-bond donors (Lipinski definition) is 4. The molecule has 0 atom stereocenters. The van der Waals surface area contributed by atoms with Gasteiger partial charge in [-0.1, -0.05) is 54.6 Å². The molecule has 0 bridgehead atoms. The molecule has 0 saturated carbocycles. The number of nitrogens with one attached hydrogen (secondary N) is 1. The number of nitrogens with zero attached hydrogens (tertiary/aromatic N) is 2. The van der Waals surface area contributed by atoms with Gasteiger partial charge in [-0.2, -0.15) is 0 Å². The molecule has 1 aromatic heterocycles. The number of rotatable bonds is 3. The fourth-order valence-electron chi connectivity index (χ4n) is 3.20. The molecule has 0 spiro atoms. The SMILES string of the molecule is Nc1ccc(N)cc1.Nc1ccc(Nc2nnc(-c3ccccc3)c3ccccc23)cc1. The Labute approximate surface area is 186 Å². The van der Waals surface area contributed by atoms with Crippen molar-refractivity contribution < 1.29 is 0 Å². The summed E-state index contributed by atoms with van der Waals surface area (Å²) in [6, 6.07) is 32.9. The predicted octanol–water partition coefficient (Wildman–Crippen LogP) is 5.47. The third kappa shape index (κ3) is 4.94. The Kier molecular flexibility index (Phi) is 6.13. The molecule has 6 heteroatoms. The molecule has 4 aromatic carbocycles. The van der Waals surface area contributed by atoms with Crippen molar-refractivity contribution in [2.24, 2.45) is 0 Å². The molecule has 7 N–H and O–H groups in total. The molecule has 5 rings (SSSR count). The summed E-state index contributed by atoms with van der Waals surface area (Å²) in [7, 11) is 0. The minimum absolute atomic E-state index is 0.732. The van der Waals surface area contributed by atoms with Crippen LogP contribution >= 0.6 is 0 Å². The summed E-state index contributed by atoms with van der Waals surface area (Å²) in [5.74, 6) is 0.732. The van der Waals surface area contributed by atoms with Crippen LogP contribution in [-0.2, 0) is 0 Å². The van der Waals surface area contributed by atoms with Gasteiger partial charge in [0.25, 0.3) is 0 Å². The van der Waals surface area contributed by atoms with E-state index in [1.54, 1.807) is 24.3 Å². The van der Waals surface area contributed by atoms with E-state index in [0.29, 0.717) is 0 Å². The highest BCUT2D eigenvalue weighted by molar-refractivity contribution is 6.00. The van der Waals surface area contributed by atoms with Crippen molar-refractivity contribution >= 4 is 39.3 Å². The zero-order chi connectivity index (χ0) is 22.3. The minimum Gasteiger partial charge on any atom is -0.399 e. The highest BCUT2D eigenvalue weighted by Crippen LogP contribution is 2.30. The van der Waals surface area contributed by atoms with E-state index in [-0.39, 0.29) is 0 Å². The monoisotopic (exact) mass is 420 g/mol. The standard InChI is InChI=1S/C20H16N4.C6H8N2/c21-15-10-12-16(13-11-15)22-20-18-9-5-4-8-17(18)19(23-24-20)14-6-2-1-3-7-14;7-5-1-2-6(8)4-3-5/h1-13H,21H2,(H,22,24);1-4H,7-8H2. The van der Waals surface area contributed by atoms with Crippen LogP contribution in [0.5, 0.6) is 0 Å². The van der Waals surface area contributed by atoms with E-state index < -0.39 is 0 Å². The van der Waals surface area contributed by atoms with Crippen molar-refractivity contribution in [3.05, 3.63) is 103 Å². The Balaban J connectivity index is 0.000000260. The summed E-state index contributed by atoms with van der Waals surface area (Å²) < 4.78 is 0. The molecule has 0 amide bonds. The van der Waals surface area contributed by atoms with Gasteiger partial charge in [-0.05, 0) is 48.5 Å². The van der Waals surface area contributed by atoms with Gasteiger partial charge >= 0.3 is 0 Å². The van der Waals surface area contributed by atoms with E-state index in [1.165, 1.54) is 0 Å². The van der Waals surface area contributed by atoms with Crippen LogP contribution in [0, 0.1) is 0 Å². The Morgan fingerprint density at radius 3 is 1.59 bits per heavy atom. The van der Waals surface area contributed by atoms with Crippen LogP contribution in [0.3, 0.4) is 0 Å². The second-order valence-corrected chi connectivity index (χ2v) is 7.22. The average Bonchev–Trinajstić information content (AvgIpc) is 2.84. The van der Waals surface area contributed by atoms with Crippen LogP contribution < -0.4 is 22.5 Å². The second-order valence-electron chi connectivity index (χ2n) is 7.22. The molecular formula is C26H24N6. The van der Waals surface area contributed by atoms with E-state index in [0.717, 1.165) is 50.6 Å². The Morgan fingerprint density at radius 2 is 1.00 bits per heavy atom. The lowest BCUT2D eigenvalue weighted by Crippen LogP contribution is -1.99.